The van der Waals surface area contributed by atoms with Crippen molar-refractivity contribution in [1.82, 2.24) is 5.32 Å². The first kappa shape index (κ1) is 13.3. The molecule has 1 fully saturated rings. The molecule has 0 aliphatic heterocycles. The Kier molecular flexibility index (Phi) is 5.06. The number of aliphatic hydroxyl groups is 1. The van der Waals surface area contributed by atoms with E-state index in [4.69, 9.17) is 5.73 Å². The summed E-state index contributed by atoms with van der Waals surface area (Å²) < 4.78 is 0. The fraction of sp³-hybridized carbons (Fsp3) is 0.917. The number of aliphatic imine (C=N–C) groups is 1. The summed E-state index contributed by atoms with van der Waals surface area (Å²) in [6, 6.07) is 0. The fourth-order valence-corrected chi connectivity index (χ4v) is 2.50. The molecule has 0 aromatic rings. The highest BCUT2D eigenvalue weighted by molar-refractivity contribution is 5.78. The molecule has 0 bridgehead atoms. The number of rotatable bonds is 4. The van der Waals surface area contributed by atoms with Gasteiger partial charge in [0.05, 0.1) is 12.1 Å². The van der Waals surface area contributed by atoms with Crippen molar-refractivity contribution in [1.29, 1.82) is 0 Å². The van der Waals surface area contributed by atoms with Crippen molar-refractivity contribution in [2.24, 2.45) is 16.6 Å². The van der Waals surface area contributed by atoms with Crippen molar-refractivity contribution in [2.45, 2.75) is 51.5 Å². The molecule has 0 spiro atoms. The third kappa shape index (κ3) is 3.67. The van der Waals surface area contributed by atoms with Crippen molar-refractivity contribution in [3.63, 3.8) is 0 Å². The van der Waals surface area contributed by atoms with Gasteiger partial charge in [-0.2, -0.15) is 0 Å². The van der Waals surface area contributed by atoms with E-state index in [0.29, 0.717) is 11.9 Å². The van der Waals surface area contributed by atoms with Crippen molar-refractivity contribution in [3.8, 4) is 0 Å². The van der Waals surface area contributed by atoms with Gasteiger partial charge in [-0.15, -0.1) is 0 Å². The number of guanidine groups is 1. The van der Waals surface area contributed by atoms with Gasteiger partial charge in [0.2, 0.25) is 0 Å². The summed E-state index contributed by atoms with van der Waals surface area (Å²) in [5.41, 5.74) is 5.59. The van der Waals surface area contributed by atoms with Crippen LogP contribution in [-0.2, 0) is 0 Å². The van der Waals surface area contributed by atoms with Crippen LogP contribution in [0.2, 0.25) is 0 Å². The highest BCUT2D eigenvalue weighted by Crippen LogP contribution is 2.31. The molecule has 1 aliphatic rings. The third-order valence-corrected chi connectivity index (χ3v) is 3.29. The van der Waals surface area contributed by atoms with Crippen molar-refractivity contribution in [3.05, 3.63) is 0 Å². The van der Waals surface area contributed by atoms with Crippen LogP contribution in [0.15, 0.2) is 4.99 Å². The Hall–Kier alpha value is -0.770. The molecule has 0 saturated heterocycles. The Morgan fingerprint density at radius 3 is 2.94 bits per heavy atom. The standard InChI is InChI=1S/C12H25N3O/c1-3-7-14-11(13)15-12(9-16)6-4-5-10(2)8-12/h10,16H,3-9H2,1-2H3,(H3,13,14,15). The molecular formula is C12H25N3O. The summed E-state index contributed by atoms with van der Waals surface area (Å²) in [6.45, 7) is 5.18. The monoisotopic (exact) mass is 227 g/mol. The van der Waals surface area contributed by atoms with Crippen molar-refractivity contribution in [2.75, 3.05) is 13.2 Å². The van der Waals surface area contributed by atoms with Gasteiger partial charge in [0.15, 0.2) is 5.96 Å². The summed E-state index contributed by atoms with van der Waals surface area (Å²) >= 11 is 0. The minimum absolute atomic E-state index is 0.139. The molecule has 1 rings (SSSR count). The molecule has 0 aromatic carbocycles. The van der Waals surface area contributed by atoms with E-state index in [1.807, 2.05) is 0 Å². The predicted molar refractivity (Wildman–Crippen MR) is 67.4 cm³/mol. The molecule has 0 aromatic heterocycles. The minimum atomic E-state index is -0.237. The Labute approximate surface area is 98.3 Å². The molecule has 4 nitrogen and oxygen atoms in total. The molecule has 2 atom stereocenters. The Morgan fingerprint density at radius 2 is 2.38 bits per heavy atom. The largest absolute Gasteiger partial charge is 0.394 e. The lowest BCUT2D eigenvalue weighted by Crippen LogP contribution is -2.56. The van der Waals surface area contributed by atoms with Crippen LogP contribution in [-0.4, -0.2) is 29.8 Å². The first-order chi connectivity index (χ1) is 7.62. The number of hydrogen-bond donors (Lipinski definition) is 3. The quantitative estimate of drug-likeness (QED) is 0.500. The van der Waals surface area contributed by atoms with E-state index in [0.717, 1.165) is 32.2 Å². The molecule has 4 N–H and O–H groups in total. The van der Waals surface area contributed by atoms with E-state index >= 15 is 0 Å². The molecule has 0 amide bonds. The Morgan fingerprint density at radius 1 is 1.62 bits per heavy atom. The average molecular weight is 227 g/mol. The Balaban J connectivity index is 2.58. The highest BCUT2D eigenvalue weighted by Gasteiger charge is 2.34. The van der Waals surface area contributed by atoms with Crippen LogP contribution in [0.25, 0.3) is 0 Å². The predicted octanol–water partition coefficient (Wildman–Crippen LogP) is 1.24. The van der Waals surface area contributed by atoms with Crippen LogP contribution in [0.5, 0.6) is 0 Å². The second kappa shape index (κ2) is 6.09. The first-order valence-electron chi connectivity index (χ1n) is 6.31. The second-order valence-corrected chi connectivity index (χ2v) is 5.03. The van der Waals surface area contributed by atoms with E-state index < -0.39 is 0 Å². The van der Waals surface area contributed by atoms with Crippen molar-refractivity contribution >= 4 is 5.96 Å². The SMILES string of the molecule is CCCN=C(N)NC1(CO)CCCC(C)C1. The zero-order valence-corrected chi connectivity index (χ0v) is 10.5. The lowest BCUT2D eigenvalue weighted by atomic mass is 9.77. The number of aliphatic hydroxyl groups excluding tert-OH is 1. The number of nitrogens with one attached hydrogen (secondary N) is 1. The molecule has 94 valence electrons. The Bertz CT molecular complexity index is 242. The molecule has 2 unspecified atom stereocenters. The maximum Gasteiger partial charge on any atom is 0.189 e. The van der Waals surface area contributed by atoms with Gasteiger partial charge in [0.1, 0.15) is 0 Å². The second-order valence-electron chi connectivity index (χ2n) is 5.03. The van der Waals surface area contributed by atoms with Gasteiger partial charge in [0, 0.05) is 6.54 Å². The molecule has 0 radical (unpaired) electrons. The van der Waals surface area contributed by atoms with Crippen molar-refractivity contribution < 1.29 is 5.11 Å². The number of nitrogens with two attached hydrogens (primary N) is 1. The lowest BCUT2D eigenvalue weighted by Gasteiger charge is -2.39. The van der Waals surface area contributed by atoms with E-state index in [-0.39, 0.29) is 12.1 Å². The smallest absolute Gasteiger partial charge is 0.189 e. The zero-order chi connectivity index (χ0) is 12.0. The van der Waals surface area contributed by atoms with E-state index in [9.17, 15) is 5.11 Å². The van der Waals surface area contributed by atoms with Crippen LogP contribution in [0.4, 0.5) is 0 Å². The molecular weight excluding hydrogens is 202 g/mol. The summed E-state index contributed by atoms with van der Waals surface area (Å²) in [7, 11) is 0. The maximum absolute atomic E-state index is 9.56. The lowest BCUT2D eigenvalue weighted by molar-refractivity contribution is 0.116. The van der Waals surface area contributed by atoms with Gasteiger partial charge >= 0.3 is 0 Å². The molecule has 4 heteroatoms. The van der Waals surface area contributed by atoms with Gasteiger partial charge in [-0.1, -0.05) is 26.7 Å². The third-order valence-electron chi connectivity index (χ3n) is 3.29. The van der Waals surface area contributed by atoms with Gasteiger partial charge in [-0.3, -0.25) is 4.99 Å². The summed E-state index contributed by atoms with van der Waals surface area (Å²) in [5.74, 6) is 1.12. The number of nitrogens with zero attached hydrogens (tertiary/aromatic N) is 1. The van der Waals surface area contributed by atoms with Gasteiger partial charge in [-0.05, 0) is 25.2 Å². The van der Waals surface area contributed by atoms with Crippen LogP contribution >= 0.6 is 0 Å². The van der Waals surface area contributed by atoms with Gasteiger partial charge in [-0.25, -0.2) is 0 Å². The normalized spacial score (nSPS) is 31.4. The summed E-state index contributed by atoms with van der Waals surface area (Å²) in [4.78, 5) is 4.23. The molecule has 1 saturated carbocycles. The van der Waals surface area contributed by atoms with E-state index in [1.165, 1.54) is 6.42 Å². The average Bonchev–Trinajstić information content (AvgIpc) is 2.26. The zero-order valence-electron chi connectivity index (χ0n) is 10.5. The first-order valence-corrected chi connectivity index (χ1v) is 6.31. The summed E-state index contributed by atoms with van der Waals surface area (Å²) in [6.07, 6.45) is 5.35. The topological polar surface area (TPSA) is 70.6 Å². The van der Waals surface area contributed by atoms with Crippen LogP contribution in [0.3, 0.4) is 0 Å². The highest BCUT2D eigenvalue weighted by atomic mass is 16.3. The number of hydrogen-bond acceptors (Lipinski definition) is 2. The van der Waals surface area contributed by atoms with Crippen LogP contribution < -0.4 is 11.1 Å². The van der Waals surface area contributed by atoms with E-state index in [1.54, 1.807) is 0 Å². The van der Waals surface area contributed by atoms with Gasteiger partial charge in [0.25, 0.3) is 0 Å². The van der Waals surface area contributed by atoms with Crippen LogP contribution in [0.1, 0.15) is 46.0 Å². The molecule has 0 heterocycles. The fourth-order valence-electron chi connectivity index (χ4n) is 2.50. The maximum atomic E-state index is 9.56. The molecule has 1 aliphatic carbocycles. The van der Waals surface area contributed by atoms with Gasteiger partial charge < -0.3 is 16.2 Å². The molecule has 16 heavy (non-hydrogen) atoms. The minimum Gasteiger partial charge on any atom is -0.394 e. The summed E-state index contributed by atoms with van der Waals surface area (Å²) in [5, 5.41) is 12.8. The van der Waals surface area contributed by atoms with Crippen LogP contribution in [0, 0.1) is 5.92 Å². The van der Waals surface area contributed by atoms with E-state index in [2.05, 4.69) is 24.2 Å².